The molecule has 2 N–H and O–H groups in total. The first-order valence-corrected chi connectivity index (χ1v) is 9.93. The van der Waals surface area contributed by atoms with Crippen LogP contribution in [0, 0.1) is 0 Å². The van der Waals surface area contributed by atoms with Crippen LogP contribution in [0.2, 0.25) is 0 Å². The van der Waals surface area contributed by atoms with Crippen molar-refractivity contribution in [3.63, 3.8) is 0 Å². The highest BCUT2D eigenvalue weighted by atomic mass is 32.1. The van der Waals surface area contributed by atoms with Crippen LogP contribution < -0.4 is 15.5 Å². The van der Waals surface area contributed by atoms with E-state index >= 15 is 0 Å². The van der Waals surface area contributed by atoms with E-state index in [-0.39, 0.29) is 5.91 Å². The van der Waals surface area contributed by atoms with Gasteiger partial charge in [-0.2, -0.15) is 0 Å². The number of hydrogen-bond donors (Lipinski definition) is 2. The molecular formula is C20H22N4O2S. The molecule has 1 aromatic heterocycles. The molecule has 0 spiro atoms. The summed E-state index contributed by atoms with van der Waals surface area (Å²) in [5.41, 5.74) is 3.47. The molecule has 3 aromatic rings. The summed E-state index contributed by atoms with van der Waals surface area (Å²) in [6, 6.07) is 13.6. The quantitative estimate of drug-likeness (QED) is 0.702. The molecule has 140 valence electrons. The Kier molecular flexibility index (Phi) is 5.22. The third kappa shape index (κ3) is 4.04. The Hall–Kier alpha value is -2.64. The van der Waals surface area contributed by atoms with Gasteiger partial charge in [0.05, 0.1) is 23.4 Å². The standard InChI is InChI=1S/C20H22N4O2S/c1-2-21-20-23-17-8-3-14(13-18(17)27-20)19(25)22-15-4-6-16(7-5-15)24-9-11-26-12-10-24/h3-8,13H,2,9-12H2,1H3,(H,21,23)(H,22,25). The van der Waals surface area contributed by atoms with E-state index in [1.54, 1.807) is 11.3 Å². The summed E-state index contributed by atoms with van der Waals surface area (Å²) in [5, 5.41) is 7.06. The first-order valence-electron chi connectivity index (χ1n) is 9.11. The van der Waals surface area contributed by atoms with Crippen LogP contribution in [0.3, 0.4) is 0 Å². The highest BCUT2D eigenvalue weighted by Gasteiger charge is 2.12. The summed E-state index contributed by atoms with van der Waals surface area (Å²) >= 11 is 1.56. The molecule has 7 heteroatoms. The van der Waals surface area contributed by atoms with Gasteiger partial charge in [0.1, 0.15) is 0 Å². The maximum Gasteiger partial charge on any atom is 0.255 e. The van der Waals surface area contributed by atoms with E-state index in [9.17, 15) is 4.79 Å². The molecule has 2 aromatic carbocycles. The van der Waals surface area contributed by atoms with Crippen molar-refractivity contribution in [2.75, 3.05) is 48.4 Å². The van der Waals surface area contributed by atoms with Crippen LogP contribution in [0.5, 0.6) is 0 Å². The maximum atomic E-state index is 12.6. The Morgan fingerprint density at radius 3 is 2.70 bits per heavy atom. The van der Waals surface area contributed by atoms with Crippen molar-refractivity contribution in [1.82, 2.24) is 4.98 Å². The van der Waals surface area contributed by atoms with Gasteiger partial charge in [0, 0.05) is 36.6 Å². The number of hydrogen-bond acceptors (Lipinski definition) is 6. The van der Waals surface area contributed by atoms with Gasteiger partial charge in [0.25, 0.3) is 5.91 Å². The SMILES string of the molecule is CCNc1nc2ccc(C(=O)Nc3ccc(N4CCOCC4)cc3)cc2s1. The first-order chi connectivity index (χ1) is 13.2. The Labute approximate surface area is 162 Å². The zero-order chi connectivity index (χ0) is 18.6. The third-order valence-electron chi connectivity index (χ3n) is 4.48. The summed E-state index contributed by atoms with van der Waals surface area (Å²) in [6.45, 7) is 6.18. The van der Waals surface area contributed by atoms with Crippen molar-refractivity contribution >= 4 is 44.0 Å². The van der Waals surface area contributed by atoms with Crippen molar-refractivity contribution in [3.05, 3.63) is 48.0 Å². The number of benzene rings is 2. The Bertz CT molecular complexity index is 933. The zero-order valence-corrected chi connectivity index (χ0v) is 16.0. The lowest BCUT2D eigenvalue weighted by Crippen LogP contribution is -2.36. The van der Waals surface area contributed by atoms with E-state index in [0.29, 0.717) is 5.56 Å². The third-order valence-corrected chi connectivity index (χ3v) is 5.46. The fraction of sp³-hybridized carbons (Fsp3) is 0.300. The average Bonchev–Trinajstić information content (AvgIpc) is 3.11. The highest BCUT2D eigenvalue weighted by Crippen LogP contribution is 2.27. The number of amides is 1. The summed E-state index contributed by atoms with van der Waals surface area (Å²) in [7, 11) is 0. The Morgan fingerprint density at radius 2 is 1.96 bits per heavy atom. The molecule has 0 atom stereocenters. The lowest BCUT2D eigenvalue weighted by Gasteiger charge is -2.28. The summed E-state index contributed by atoms with van der Waals surface area (Å²) in [5.74, 6) is -0.116. The predicted molar refractivity (Wildman–Crippen MR) is 111 cm³/mol. The minimum Gasteiger partial charge on any atom is -0.378 e. The number of ether oxygens (including phenoxy) is 1. The number of thiazole rings is 1. The number of carbonyl (C=O) groups excluding carboxylic acids is 1. The van der Waals surface area contributed by atoms with Gasteiger partial charge in [0.2, 0.25) is 0 Å². The van der Waals surface area contributed by atoms with Gasteiger partial charge >= 0.3 is 0 Å². The van der Waals surface area contributed by atoms with Gasteiger partial charge in [-0.3, -0.25) is 4.79 Å². The fourth-order valence-corrected chi connectivity index (χ4v) is 4.05. The van der Waals surface area contributed by atoms with Gasteiger partial charge in [-0.1, -0.05) is 11.3 Å². The number of aromatic nitrogens is 1. The minimum absolute atomic E-state index is 0.116. The second-order valence-electron chi connectivity index (χ2n) is 6.33. The zero-order valence-electron chi connectivity index (χ0n) is 15.2. The van der Waals surface area contributed by atoms with E-state index in [2.05, 4.69) is 20.5 Å². The van der Waals surface area contributed by atoms with Crippen LogP contribution in [-0.2, 0) is 4.74 Å². The second kappa shape index (κ2) is 7.94. The number of carbonyl (C=O) groups is 1. The van der Waals surface area contributed by atoms with Crippen LogP contribution in [0.25, 0.3) is 10.2 Å². The molecule has 1 saturated heterocycles. The Morgan fingerprint density at radius 1 is 1.19 bits per heavy atom. The van der Waals surface area contributed by atoms with Gasteiger partial charge in [-0.15, -0.1) is 0 Å². The second-order valence-corrected chi connectivity index (χ2v) is 7.36. The van der Waals surface area contributed by atoms with Crippen molar-refractivity contribution in [2.45, 2.75) is 6.92 Å². The molecule has 2 heterocycles. The van der Waals surface area contributed by atoms with Crippen molar-refractivity contribution in [3.8, 4) is 0 Å². The van der Waals surface area contributed by atoms with Crippen LogP contribution >= 0.6 is 11.3 Å². The summed E-state index contributed by atoms with van der Waals surface area (Å²) in [4.78, 5) is 19.4. The number of fused-ring (bicyclic) bond motifs is 1. The van der Waals surface area contributed by atoms with Crippen LogP contribution in [0.1, 0.15) is 17.3 Å². The lowest BCUT2D eigenvalue weighted by molar-refractivity contribution is 0.102. The number of nitrogens with zero attached hydrogens (tertiary/aromatic N) is 2. The molecule has 0 bridgehead atoms. The van der Waals surface area contributed by atoms with E-state index in [1.165, 1.54) is 0 Å². The van der Waals surface area contributed by atoms with Gasteiger partial charge in [0.15, 0.2) is 5.13 Å². The molecule has 1 aliphatic rings. The summed E-state index contributed by atoms with van der Waals surface area (Å²) < 4.78 is 6.39. The molecule has 6 nitrogen and oxygen atoms in total. The molecule has 0 aliphatic carbocycles. The molecule has 27 heavy (non-hydrogen) atoms. The smallest absolute Gasteiger partial charge is 0.255 e. The monoisotopic (exact) mass is 382 g/mol. The number of nitrogens with one attached hydrogen (secondary N) is 2. The molecule has 1 fully saturated rings. The van der Waals surface area contributed by atoms with E-state index in [4.69, 9.17) is 4.74 Å². The lowest BCUT2D eigenvalue weighted by atomic mass is 10.2. The predicted octanol–water partition coefficient (Wildman–Crippen LogP) is 3.82. The number of anilines is 3. The molecule has 0 saturated carbocycles. The van der Waals surface area contributed by atoms with Crippen molar-refractivity contribution in [2.24, 2.45) is 0 Å². The van der Waals surface area contributed by atoms with E-state index in [1.807, 2.05) is 49.4 Å². The fourth-order valence-electron chi connectivity index (χ4n) is 3.07. The van der Waals surface area contributed by atoms with Gasteiger partial charge < -0.3 is 20.3 Å². The molecular weight excluding hydrogens is 360 g/mol. The topological polar surface area (TPSA) is 66.5 Å². The normalized spacial score (nSPS) is 14.3. The van der Waals surface area contributed by atoms with Crippen LogP contribution in [0.4, 0.5) is 16.5 Å². The molecule has 0 unspecified atom stereocenters. The number of rotatable bonds is 5. The van der Waals surface area contributed by atoms with Crippen molar-refractivity contribution in [1.29, 1.82) is 0 Å². The van der Waals surface area contributed by atoms with Gasteiger partial charge in [-0.25, -0.2) is 4.98 Å². The first kappa shape index (κ1) is 17.8. The molecule has 0 radical (unpaired) electrons. The largest absolute Gasteiger partial charge is 0.378 e. The molecule has 1 aliphatic heterocycles. The summed E-state index contributed by atoms with van der Waals surface area (Å²) in [6.07, 6.45) is 0. The van der Waals surface area contributed by atoms with Crippen molar-refractivity contribution < 1.29 is 9.53 Å². The maximum absolute atomic E-state index is 12.6. The van der Waals surface area contributed by atoms with Gasteiger partial charge in [-0.05, 0) is 49.4 Å². The van der Waals surface area contributed by atoms with Crippen LogP contribution in [-0.4, -0.2) is 43.7 Å². The Balaban J connectivity index is 1.45. The van der Waals surface area contributed by atoms with E-state index < -0.39 is 0 Å². The van der Waals surface area contributed by atoms with Crippen LogP contribution in [0.15, 0.2) is 42.5 Å². The molecule has 4 rings (SSSR count). The minimum atomic E-state index is -0.116. The highest BCUT2D eigenvalue weighted by molar-refractivity contribution is 7.22. The number of morpholine rings is 1. The molecule has 1 amide bonds. The van der Waals surface area contributed by atoms with E-state index in [0.717, 1.165) is 59.6 Å². The average molecular weight is 382 g/mol.